The van der Waals surface area contributed by atoms with Gasteiger partial charge in [0.1, 0.15) is 0 Å². The Kier molecular flexibility index (Phi) is 7.85. The molecule has 2 aliphatic carbocycles. The van der Waals surface area contributed by atoms with E-state index in [0.717, 1.165) is 0 Å². The zero-order valence-electron chi connectivity index (χ0n) is 29.7. The van der Waals surface area contributed by atoms with E-state index in [1.54, 1.807) is 43.8 Å². The molecule has 1 aliphatic heterocycles. The van der Waals surface area contributed by atoms with Gasteiger partial charge in [-0.15, -0.1) is 0 Å². The molecule has 0 nitrogen and oxygen atoms in total. The molecule has 1 heterocycles. The quantitative estimate of drug-likeness (QED) is 0.186. The monoisotopic (exact) mass is 696 g/mol. The van der Waals surface area contributed by atoms with Gasteiger partial charge < -0.3 is 0 Å². The van der Waals surface area contributed by atoms with Crippen LogP contribution in [-0.2, 0) is 34.1 Å². The van der Waals surface area contributed by atoms with Crippen molar-refractivity contribution in [1.29, 1.82) is 0 Å². The van der Waals surface area contributed by atoms with Gasteiger partial charge in [0.2, 0.25) is 0 Å². The number of hydrogen-bond donors (Lipinski definition) is 0. The molecule has 0 radical (unpaired) electrons. The third-order valence-corrected chi connectivity index (χ3v) is 19.6. The molecule has 0 amide bonds. The van der Waals surface area contributed by atoms with E-state index in [1.165, 1.54) is 46.2 Å². The zero-order valence-corrected chi connectivity index (χ0v) is 33.1. The second-order valence-electron chi connectivity index (χ2n) is 16.4. The van der Waals surface area contributed by atoms with Crippen LogP contribution in [0.4, 0.5) is 0 Å². The molecule has 0 saturated carbocycles. The van der Waals surface area contributed by atoms with Crippen LogP contribution in [0.15, 0.2) is 96.1 Å². The van der Waals surface area contributed by atoms with Crippen molar-refractivity contribution >= 4 is 18.5 Å². The molecule has 4 aromatic rings. The molecule has 0 aromatic heterocycles. The molecule has 234 valence electrons. The zero-order chi connectivity index (χ0) is 32.8. The van der Waals surface area contributed by atoms with Crippen molar-refractivity contribution in [3.05, 3.63) is 129 Å². The summed E-state index contributed by atoms with van der Waals surface area (Å²) in [5.74, 6) is 0. The van der Waals surface area contributed by atoms with Crippen molar-refractivity contribution in [3.8, 4) is 22.3 Å². The van der Waals surface area contributed by atoms with Crippen molar-refractivity contribution in [1.82, 2.24) is 0 Å². The molecule has 4 bridgehead atoms. The van der Waals surface area contributed by atoms with E-state index in [0.29, 0.717) is 7.25 Å². The maximum atomic E-state index is 2.70. The Morgan fingerprint density at radius 3 is 1.24 bits per heavy atom. The molecular formula is C44H50SiZr. The van der Waals surface area contributed by atoms with Crippen LogP contribution in [0.2, 0.25) is 13.1 Å². The minimum atomic E-state index is -2.14. The molecule has 0 saturated heterocycles. The first kappa shape index (κ1) is 32.0. The Hall–Kier alpha value is -2.54. The van der Waals surface area contributed by atoms with E-state index >= 15 is 0 Å². The van der Waals surface area contributed by atoms with Crippen LogP contribution in [-0.4, -0.2) is 8.07 Å². The molecule has 0 fully saturated rings. The van der Waals surface area contributed by atoms with Crippen LogP contribution in [0.3, 0.4) is 0 Å². The minimum absolute atomic E-state index is 0.156. The maximum absolute atomic E-state index is 2.70. The van der Waals surface area contributed by atoms with Gasteiger partial charge in [-0.3, -0.25) is 0 Å². The SMILES string of the molecule is CCC1=C2c3c(-c4ccc(C(C)(C)C)cc4)cccc3[CH]1[Zr][CH]1C(CC)=C(c3c(-c4ccc(C(C)(C)C)cc4)cccc31)[Si]2(C)C. The number of fused-ring (bicyclic) bond motifs is 8. The van der Waals surface area contributed by atoms with Crippen molar-refractivity contribution in [2.24, 2.45) is 0 Å². The van der Waals surface area contributed by atoms with E-state index in [4.69, 9.17) is 0 Å². The van der Waals surface area contributed by atoms with Gasteiger partial charge in [-0.1, -0.05) is 0 Å². The molecular weight excluding hydrogens is 648 g/mol. The molecule has 46 heavy (non-hydrogen) atoms. The van der Waals surface area contributed by atoms with Crippen LogP contribution in [0.1, 0.15) is 109 Å². The normalized spacial score (nSPS) is 19.9. The van der Waals surface area contributed by atoms with Gasteiger partial charge in [0.15, 0.2) is 0 Å². The summed E-state index contributed by atoms with van der Waals surface area (Å²) in [5, 5.41) is 3.55. The molecule has 7 rings (SSSR count). The third-order valence-electron chi connectivity index (χ3n) is 11.1. The Labute approximate surface area is 291 Å². The molecule has 3 aliphatic rings. The number of rotatable bonds is 4. The summed E-state index contributed by atoms with van der Waals surface area (Å²) in [4.78, 5) is 0. The molecule has 0 spiro atoms. The fraction of sp³-hybridized carbons (Fsp3) is 0.364. The number of allylic oxidation sites excluding steroid dienone is 2. The standard InChI is InChI=1S/C44H50Si.Zr/c1-11-29-27-33-15-13-17-37(31-19-23-35(24-20-31)43(3,4)5)39(33)41(29)45(9,10)42-30(12-2)28-34-16-14-18-38(40(34)42)32-21-25-36(26-22-32)44(6,7)8;/h13-28H,11-12H2,1-10H3;. The second kappa shape index (κ2) is 11.3. The first-order chi connectivity index (χ1) is 21.8. The van der Waals surface area contributed by atoms with Gasteiger partial charge in [0.05, 0.1) is 0 Å². The van der Waals surface area contributed by atoms with Crippen LogP contribution in [0.5, 0.6) is 0 Å². The first-order valence-corrected chi connectivity index (χ1v) is 23.3. The average Bonchev–Trinajstić information content (AvgIpc) is 3.54. The summed E-state index contributed by atoms with van der Waals surface area (Å²) in [6, 6.07) is 33.7. The van der Waals surface area contributed by atoms with Gasteiger partial charge in [-0.05, 0) is 0 Å². The predicted octanol–water partition coefficient (Wildman–Crippen LogP) is 12.6. The Balaban J connectivity index is 1.44. The summed E-state index contributed by atoms with van der Waals surface area (Å²) in [6.45, 7) is 24.2. The molecule has 2 atom stereocenters. The van der Waals surface area contributed by atoms with E-state index in [-0.39, 0.29) is 10.8 Å². The molecule has 4 aromatic carbocycles. The van der Waals surface area contributed by atoms with E-state index < -0.39 is 31.3 Å². The van der Waals surface area contributed by atoms with Crippen molar-refractivity contribution in [2.75, 3.05) is 0 Å². The summed E-state index contributed by atoms with van der Waals surface area (Å²) in [6.07, 6.45) is 2.35. The van der Waals surface area contributed by atoms with Gasteiger partial charge in [-0.2, -0.15) is 0 Å². The molecule has 2 heteroatoms. The van der Waals surface area contributed by atoms with Gasteiger partial charge in [-0.25, -0.2) is 0 Å². The van der Waals surface area contributed by atoms with Crippen molar-refractivity contribution < 1.29 is 23.2 Å². The summed E-state index contributed by atoms with van der Waals surface area (Å²) >= 11 is -0.945. The van der Waals surface area contributed by atoms with Crippen molar-refractivity contribution in [3.63, 3.8) is 0 Å². The van der Waals surface area contributed by atoms with E-state index in [9.17, 15) is 0 Å². The number of hydrogen-bond acceptors (Lipinski definition) is 0. The van der Waals surface area contributed by atoms with Crippen LogP contribution in [0.25, 0.3) is 32.6 Å². The summed E-state index contributed by atoms with van der Waals surface area (Å²) < 4.78 is 1.32. The fourth-order valence-electron chi connectivity index (χ4n) is 8.81. The van der Waals surface area contributed by atoms with Gasteiger partial charge in [0.25, 0.3) is 0 Å². The topological polar surface area (TPSA) is 0 Å². The van der Waals surface area contributed by atoms with E-state index in [2.05, 4.69) is 153 Å². The fourth-order valence-corrected chi connectivity index (χ4v) is 19.4. The summed E-state index contributed by atoms with van der Waals surface area (Å²) in [7, 11) is -2.14. The third kappa shape index (κ3) is 4.92. The molecule has 2 unspecified atom stereocenters. The Morgan fingerprint density at radius 2 is 0.913 bits per heavy atom. The first-order valence-electron chi connectivity index (χ1n) is 17.5. The van der Waals surface area contributed by atoms with Gasteiger partial charge >= 0.3 is 293 Å². The van der Waals surface area contributed by atoms with Crippen LogP contribution < -0.4 is 0 Å². The van der Waals surface area contributed by atoms with Crippen LogP contribution in [0, 0.1) is 0 Å². The Morgan fingerprint density at radius 1 is 0.543 bits per heavy atom. The predicted molar refractivity (Wildman–Crippen MR) is 199 cm³/mol. The van der Waals surface area contributed by atoms with Crippen LogP contribution >= 0.6 is 0 Å². The van der Waals surface area contributed by atoms with Gasteiger partial charge in [0, 0.05) is 0 Å². The average molecular weight is 698 g/mol. The number of benzene rings is 4. The van der Waals surface area contributed by atoms with Crippen molar-refractivity contribution in [2.45, 2.75) is 99.4 Å². The Bertz CT molecular complexity index is 1760. The molecule has 0 N–H and O–H groups in total. The van der Waals surface area contributed by atoms with E-state index in [1.807, 2.05) is 0 Å². The summed E-state index contributed by atoms with van der Waals surface area (Å²) in [5.41, 5.74) is 19.0. The second-order valence-corrected chi connectivity index (χ2v) is 24.3.